The van der Waals surface area contributed by atoms with Crippen LogP contribution in [0.5, 0.6) is 11.5 Å². The average molecular weight is 214 g/mol. The van der Waals surface area contributed by atoms with Crippen LogP contribution in [0, 0.1) is 0 Å². The van der Waals surface area contributed by atoms with E-state index in [0.29, 0.717) is 11.5 Å². The Labute approximate surface area is 86.1 Å². The van der Waals surface area contributed by atoms with Gasteiger partial charge < -0.3 is 9.47 Å². The number of hydrogen-bond acceptors (Lipinski definition) is 4. The SMILES string of the molecule is COc1cc(N=C=O)c(Cl)c(OC)c1. The molecule has 1 rings (SSSR count). The van der Waals surface area contributed by atoms with Crippen LogP contribution >= 0.6 is 11.6 Å². The molecule has 74 valence electrons. The number of ether oxygens (including phenoxy) is 2. The fraction of sp³-hybridized carbons (Fsp3) is 0.222. The number of carbonyl (C=O) groups excluding carboxylic acids is 1. The lowest BCUT2D eigenvalue weighted by molar-refractivity contribution is 0.395. The number of methoxy groups -OCH3 is 2. The van der Waals surface area contributed by atoms with Crippen molar-refractivity contribution < 1.29 is 14.3 Å². The van der Waals surface area contributed by atoms with Gasteiger partial charge in [-0.3, -0.25) is 0 Å². The largest absolute Gasteiger partial charge is 0.497 e. The third kappa shape index (κ3) is 2.05. The normalized spacial score (nSPS) is 9.07. The van der Waals surface area contributed by atoms with Gasteiger partial charge >= 0.3 is 0 Å². The molecule has 4 nitrogen and oxygen atoms in total. The van der Waals surface area contributed by atoms with Crippen molar-refractivity contribution in [1.82, 2.24) is 0 Å². The minimum atomic E-state index is 0.261. The van der Waals surface area contributed by atoms with Crippen molar-refractivity contribution in [2.45, 2.75) is 0 Å². The van der Waals surface area contributed by atoms with Crippen LogP contribution in [0.4, 0.5) is 5.69 Å². The van der Waals surface area contributed by atoms with Gasteiger partial charge in [-0.25, -0.2) is 4.79 Å². The molecule has 1 aromatic carbocycles. The molecule has 0 aliphatic carbocycles. The summed E-state index contributed by atoms with van der Waals surface area (Å²) in [5, 5.41) is 0.261. The molecule has 0 fully saturated rings. The number of rotatable bonds is 3. The Bertz CT molecular complexity index is 386. The van der Waals surface area contributed by atoms with Crippen LogP contribution in [0.3, 0.4) is 0 Å². The summed E-state index contributed by atoms with van der Waals surface area (Å²) in [5.41, 5.74) is 0.276. The Kier molecular flexibility index (Phi) is 3.51. The fourth-order valence-corrected chi connectivity index (χ4v) is 1.18. The zero-order valence-electron chi connectivity index (χ0n) is 7.70. The van der Waals surface area contributed by atoms with Gasteiger partial charge in [0.1, 0.15) is 22.2 Å². The molecule has 0 aliphatic heterocycles. The predicted molar refractivity (Wildman–Crippen MR) is 52.3 cm³/mol. The molecule has 14 heavy (non-hydrogen) atoms. The molecule has 0 radical (unpaired) electrons. The molecule has 0 saturated heterocycles. The molecule has 0 spiro atoms. The number of aliphatic imine (C=N–C) groups is 1. The number of hydrogen-bond donors (Lipinski definition) is 0. The molecule has 0 aromatic heterocycles. The zero-order valence-corrected chi connectivity index (χ0v) is 8.46. The second-order valence-corrected chi connectivity index (χ2v) is 2.74. The van der Waals surface area contributed by atoms with E-state index < -0.39 is 0 Å². The summed E-state index contributed by atoms with van der Waals surface area (Å²) in [6.45, 7) is 0. The van der Waals surface area contributed by atoms with Gasteiger partial charge in [0.2, 0.25) is 6.08 Å². The molecular weight excluding hydrogens is 206 g/mol. The van der Waals surface area contributed by atoms with E-state index in [4.69, 9.17) is 21.1 Å². The highest BCUT2D eigenvalue weighted by molar-refractivity contribution is 6.34. The lowest BCUT2D eigenvalue weighted by Crippen LogP contribution is -1.88. The van der Waals surface area contributed by atoms with Crippen molar-refractivity contribution in [3.05, 3.63) is 17.2 Å². The quantitative estimate of drug-likeness (QED) is 0.572. The van der Waals surface area contributed by atoms with E-state index >= 15 is 0 Å². The van der Waals surface area contributed by atoms with Crippen molar-refractivity contribution in [3.8, 4) is 11.5 Å². The third-order valence-electron chi connectivity index (χ3n) is 1.62. The number of isocyanates is 1. The number of benzene rings is 1. The maximum atomic E-state index is 10.1. The van der Waals surface area contributed by atoms with Gasteiger partial charge in [0.15, 0.2) is 0 Å². The monoisotopic (exact) mass is 213 g/mol. The maximum Gasteiger partial charge on any atom is 0.240 e. The van der Waals surface area contributed by atoms with Gasteiger partial charge in [0.25, 0.3) is 0 Å². The number of halogens is 1. The first-order chi connectivity index (χ1) is 6.72. The van der Waals surface area contributed by atoms with Crippen molar-refractivity contribution in [2.24, 2.45) is 4.99 Å². The van der Waals surface area contributed by atoms with Crippen LogP contribution in [0.2, 0.25) is 5.02 Å². The topological polar surface area (TPSA) is 47.9 Å². The molecule has 0 saturated carbocycles. The summed E-state index contributed by atoms with van der Waals surface area (Å²) >= 11 is 5.86. The first-order valence-corrected chi connectivity index (χ1v) is 4.10. The predicted octanol–water partition coefficient (Wildman–Crippen LogP) is 2.32. The van der Waals surface area contributed by atoms with E-state index in [0.717, 1.165) is 0 Å². The molecule has 0 heterocycles. The van der Waals surface area contributed by atoms with E-state index in [1.807, 2.05) is 0 Å². The van der Waals surface area contributed by atoms with E-state index in [2.05, 4.69) is 4.99 Å². The molecule has 0 bridgehead atoms. The van der Waals surface area contributed by atoms with Gasteiger partial charge in [-0.15, -0.1) is 0 Å². The Hall–Kier alpha value is -1.51. The van der Waals surface area contributed by atoms with Crippen LogP contribution in [-0.2, 0) is 4.79 Å². The van der Waals surface area contributed by atoms with Crippen LogP contribution in [-0.4, -0.2) is 20.3 Å². The fourth-order valence-electron chi connectivity index (χ4n) is 0.955. The summed E-state index contributed by atoms with van der Waals surface area (Å²) < 4.78 is 9.94. The molecule has 0 amide bonds. The Morgan fingerprint density at radius 2 is 2.07 bits per heavy atom. The van der Waals surface area contributed by atoms with Gasteiger partial charge in [0.05, 0.1) is 14.2 Å². The van der Waals surface area contributed by atoms with E-state index in [1.165, 1.54) is 26.4 Å². The van der Waals surface area contributed by atoms with E-state index in [9.17, 15) is 4.79 Å². The minimum Gasteiger partial charge on any atom is -0.497 e. The summed E-state index contributed by atoms with van der Waals surface area (Å²) in [5.74, 6) is 0.917. The maximum absolute atomic E-state index is 10.1. The summed E-state index contributed by atoms with van der Waals surface area (Å²) in [4.78, 5) is 13.5. The molecule has 5 heteroatoms. The lowest BCUT2D eigenvalue weighted by Gasteiger charge is -2.07. The van der Waals surface area contributed by atoms with Crippen molar-refractivity contribution >= 4 is 23.4 Å². The smallest absolute Gasteiger partial charge is 0.240 e. The second-order valence-electron chi connectivity index (χ2n) is 2.37. The number of nitrogens with zero attached hydrogens (tertiary/aromatic N) is 1. The zero-order chi connectivity index (χ0) is 10.6. The Balaban J connectivity index is 3.33. The first-order valence-electron chi connectivity index (χ1n) is 3.72. The molecule has 0 unspecified atom stereocenters. The molecule has 0 aliphatic rings. The van der Waals surface area contributed by atoms with Crippen molar-refractivity contribution in [3.63, 3.8) is 0 Å². The summed E-state index contributed by atoms with van der Waals surface area (Å²) in [6.07, 6.45) is 1.41. The van der Waals surface area contributed by atoms with Gasteiger partial charge in [-0.2, -0.15) is 4.99 Å². The minimum absolute atomic E-state index is 0.261. The highest BCUT2D eigenvalue weighted by Gasteiger charge is 2.09. The Morgan fingerprint density at radius 3 is 2.57 bits per heavy atom. The van der Waals surface area contributed by atoms with Crippen LogP contribution in [0.1, 0.15) is 0 Å². The highest BCUT2D eigenvalue weighted by atomic mass is 35.5. The average Bonchev–Trinajstić information content (AvgIpc) is 2.21. The third-order valence-corrected chi connectivity index (χ3v) is 2.00. The molecular formula is C9H8ClNO3. The molecule has 0 atom stereocenters. The van der Waals surface area contributed by atoms with Crippen LogP contribution in [0.15, 0.2) is 17.1 Å². The summed E-state index contributed by atoms with van der Waals surface area (Å²) in [6, 6.07) is 3.13. The molecule has 0 N–H and O–H groups in total. The van der Waals surface area contributed by atoms with Gasteiger partial charge in [0, 0.05) is 12.1 Å². The standard InChI is InChI=1S/C9H8ClNO3/c1-13-6-3-7(11-5-12)9(10)8(4-6)14-2/h3-4H,1-2H3. The van der Waals surface area contributed by atoms with Gasteiger partial charge in [-0.1, -0.05) is 11.6 Å². The van der Waals surface area contributed by atoms with E-state index in [1.54, 1.807) is 6.07 Å². The van der Waals surface area contributed by atoms with Crippen LogP contribution < -0.4 is 9.47 Å². The van der Waals surface area contributed by atoms with E-state index in [-0.39, 0.29) is 10.7 Å². The summed E-state index contributed by atoms with van der Waals surface area (Å²) in [7, 11) is 2.96. The molecule has 1 aromatic rings. The van der Waals surface area contributed by atoms with Crippen molar-refractivity contribution in [2.75, 3.05) is 14.2 Å². The van der Waals surface area contributed by atoms with Crippen LogP contribution in [0.25, 0.3) is 0 Å². The van der Waals surface area contributed by atoms with Gasteiger partial charge in [-0.05, 0) is 0 Å². The first kappa shape index (κ1) is 10.6. The second kappa shape index (κ2) is 4.65. The van der Waals surface area contributed by atoms with Crippen molar-refractivity contribution in [1.29, 1.82) is 0 Å². The lowest BCUT2D eigenvalue weighted by atomic mass is 10.3. The highest BCUT2D eigenvalue weighted by Crippen LogP contribution is 2.37. The Morgan fingerprint density at radius 1 is 1.36 bits per heavy atom.